The second-order valence-electron chi connectivity index (χ2n) is 1.23. The highest BCUT2D eigenvalue weighted by Gasteiger charge is 1.73. The Kier molecular flexibility index (Phi) is 13.6. The quantitative estimate of drug-likeness (QED) is 0.540. The summed E-state index contributed by atoms with van der Waals surface area (Å²) >= 11 is 3.25. The Labute approximate surface area is 63.7 Å². The lowest BCUT2D eigenvalue weighted by Crippen LogP contribution is -1.82. The normalized spacial score (nSPS) is 6.89. The smallest absolute Gasteiger partial charge is 0.327 e. The van der Waals surface area contributed by atoms with E-state index in [2.05, 4.69) is 29.4 Å². The van der Waals surface area contributed by atoms with Gasteiger partial charge in [0.05, 0.1) is 0 Å². The second kappa shape index (κ2) is 10.6. The molecule has 0 aromatic rings. The highest BCUT2D eigenvalue weighted by atomic mass is 79.9. The van der Waals surface area contributed by atoms with Crippen molar-refractivity contribution in [2.75, 3.05) is 5.33 Å². The molecule has 0 rings (SSSR count). The molecular weight excluding hydrogens is 184 g/mol. The van der Waals surface area contributed by atoms with Crippen molar-refractivity contribution in [3.8, 4) is 0 Å². The van der Waals surface area contributed by atoms with Crippen LogP contribution in [0.4, 0.5) is 0 Å². The van der Waals surface area contributed by atoms with Crippen LogP contribution in [0.15, 0.2) is 12.7 Å². The molecule has 0 atom stereocenters. The molecule has 0 bridgehead atoms. The molecule has 0 aliphatic carbocycles. The van der Waals surface area contributed by atoms with Crippen molar-refractivity contribution in [1.82, 2.24) is 0 Å². The molecule has 0 heterocycles. The zero-order valence-electron chi connectivity index (χ0n) is 5.43. The Morgan fingerprint density at radius 1 is 1.89 bits per heavy atom. The third kappa shape index (κ3) is 34.4. The van der Waals surface area contributed by atoms with E-state index in [1.165, 1.54) is 6.42 Å². The van der Waals surface area contributed by atoms with Crippen molar-refractivity contribution in [2.24, 2.45) is 0 Å². The molecule has 0 aliphatic rings. The first-order valence-corrected chi connectivity index (χ1v) is 3.72. The minimum Gasteiger partial charge on any atom is -0.478 e. The van der Waals surface area contributed by atoms with Crippen LogP contribution in [0, 0.1) is 0 Å². The van der Waals surface area contributed by atoms with Crippen LogP contribution in [0.5, 0.6) is 0 Å². The van der Waals surface area contributed by atoms with Crippen LogP contribution >= 0.6 is 15.9 Å². The van der Waals surface area contributed by atoms with Gasteiger partial charge in [0.15, 0.2) is 0 Å². The Hall–Kier alpha value is -0.310. The number of halogens is 1. The summed E-state index contributed by atoms with van der Waals surface area (Å²) in [5, 5.41) is 8.74. The van der Waals surface area contributed by atoms with Gasteiger partial charge in [0.1, 0.15) is 0 Å². The summed E-state index contributed by atoms with van der Waals surface area (Å²) in [4.78, 5) is 9.25. The Balaban J connectivity index is 0. The summed E-state index contributed by atoms with van der Waals surface area (Å²) in [5.41, 5.74) is 0. The first kappa shape index (κ1) is 11.5. The van der Waals surface area contributed by atoms with Gasteiger partial charge in [-0.05, 0) is 6.42 Å². The molecule has 0 radical (unpaired) electrons. The van der Waals surface area contributed by atoms with E-state index < -0.39 is 5.97 Å². The van der Waals surface area contributed by atoms with Crippen molar-refractivity contribution < 1.29 is 9.90 Å². The minimum absolute atomic E-state index is 0.833. The lowest BCUT2D eigenvalue weighted by atomic mass is 10.6. The van der Waals surface area contributed by atoms with E-state index in [-0.39, 0.29) is 0 Å². The summed E-state index contributed by atoms with van der Waals surface area (Å²) in [7, 11) is 0. The van der Waals surface area contributed by atoms with E-state index in [1.54, 1.807) is 0 Å². The molecule has 0 spiro atoms. The minimum atomic E-state index is -0.981. The molecule has 0 amide bonds. The highest BCUT2D eigenvalue weighted by Crippen LogP contribution is 1.80. The van der Waals surface area contributed by atoms with Crippen molar-refractivity contribution in [1.29, 1.82) is 0 Å². The van der Waals surface area contributed by atoms with E-state index in [4.69, 9.17) is 5.11 Å². The Morgan fingerprint density at radius 3 is 2.11 bits per heavy atom. The molecule has 54 valence electrons. The fourth-order valence-electron chi connectivity index (χ4n) is 0. The maximum atomic E-state index is 9.25. The lowest BCUT2D eigenvalue weighted by molar-refractivity contribution is -0.131. The number of hydrogen-bond acceptors (Lipinski definition) is 1. The predicted molar refractivity (Wildman–Crippen MR) is 41.9 cm³/mol. The molecule has 0 aliphatic heterocycles. The fraction of sp³-hybridized carbons (Fsp3) is 0.500. The number of hydrogen-bond donors (Lipinski definition) is 1. The van der Waals surface area contributed by atoms with Crippen LogP contribution in [0.25, 0.3) is 0 Å². The number of rotatable bonds is 2. The number of aliphatic carboxylic acids is 1. The first-order chi connectivity index (χ1) is 4.18. The monoisotopic (exact) mass is 194 g/mol. The van der Waals surface area contributed by atoms with Gasteiger partial charge in [0.25, 0.3) is 0 Å². The van der Waals surface area contributed by atoms with Crippen LogP contribution in [0.3, 0.4) is 0 Å². The average Bonchev–Trinajstić information content (AvgIpc) is 1.89. The van der Waals surface area contributed by atoms with Crippen molar-refractivity contribution in [3.63, 3.8) is 0 Å². The third-order valence-electron chi connectivity index (χ3n) is 0.364. The molecule has 0 saturated heterocycles. The van der Waals surface area contributed by atoms with Crippen molar-refractivity contribution in [3.05, 3.63) is 12.7 Å². The zero-order chi connectivity index (χ0) is 7.70. The van der Waals surface area contributed by atoms with E-state index in [1.807, 2.05) is 0 Å². The largest absolute Gasteiger partial charge is 0.478 e. The molecule has 0 aromatic heterocycles. The van der Waals surface area contributed by atoms with Gasteiger partial charge in [-0.1, -0.05) is 29.4 Å². The van der Waals surface area contributed by atoms with E-state index in [9.17, 15) is 4.79 Å². The van der Waals surface area contributed by atoms with Crippen molar-refractivity contribution in [2.45, 2.75) is 13.3 Å². The SMILES string of the molecule is C=CC(=O)O.CCCBr. The maximum absolute atomic E-state index is 9.25. The number of carbonyl (C=O) groups is 1. The summed E-state index contributed by atoms with van der Waals surface area (Å²) in [6, 6.07) is 0. The molecule has 1 N–H and O–H groups in total. The van der Waals surface area contributed by atoms with E-state index >= 15 is 0 Å². The van der Waals surface area contributed by atoms with Gasteiger partial charge in [0.2, 0.25) is 0 Å². The lowest BCUT2D eigenvalue weighted by Gasteiger charge is -1.66. The standard InChI is InChI=1S/C3H7Br.C3H4O2/c1-2-3-4;1-2-3(4)5/h2-3H2,1H3;2H,1H2,(H,4,5). The maximum Gasteiger partial charge on any atom is 0.327 e. The zero-order valence-corrected chi connectivity index (χ0v) is 7.02. The van der Waals surface area contributed by atoms with Gasteiger partial charge in [-0.25, -0.2) is 4.79 Å². The van der Waals surface area contributed by atoms with Gasteiger partial charge in [0, 0.05) is 11.4 Å². The molecule has 2 nitrogen and oxygen atoms in total. The van der Waals surface area contributed by atoms with Crippen LogP contribution in [-0.2, 0) is 4.79 Å². The molecule has 3 heteroatoms. The number of carboxylic acids is 1. The summed E-state index contributed by atoms with van der Waals surface area (Å²) in [5.74, 6) is -0.981. The topological polar surface area (TPSA) is 37.3 Å². The summed E-state index contributed by atoms with van der Waals surface area (Å²) in [6.45, 7) is 5.09. The second-order valence-corrected chi connectivity index (χ2v) is 2.02. The Morgan fingerprint density at radius 2 is 2.11 bits per heavy atom. The number of carboxylic acid groups (broad SMARTS) is 1. The van der Waals surface area contributed by atoms with Gasteiger partial charge < -0.3 is 5.11 Å². The van der Waals surface area contributed by atoms with Gasteiger partial charge in [-0.2, -0.15) is 0 Å². The summed E-state index contributed by atoms with van der Waals surface area (Å²) < 4.78 is 0. The summed E-state index contributed by atoms with van der Waals surface area (Å²) in [6.07, 6.45) is 2.07. The van der Waals surface area contributed by atoms with E-state index in [0.29, 0.717) is 0 Å². The van der Waals surface area contributed by atoms with Crippen LogP contribution in [-0.4, -0.2) is 16.4 Å². The molecule has 0 aromatic carbocycles. The van der Waals surface area contributed by atoms with E-state index in [0.717, 1.165) is 11.4 Å². The first-order valence-electron chi connectivity index (χ1n) is 2.60. The molecule has 0 fully saturated rings. The molecule has 9 heavy (non-hydrogen) atoms. The molecule has 0 unspecified atom stereocenters. The number of alkyl halides is 1. The molecule has 0 saturated carbocycles. The van der Waals surface area contributed by atoms with Gasteiger partial charge in [-0.15, -0.1) is 0 Å². The van der Waals surface area contributed by atoms with Crippen molar-refractivity contribution >= 4 is 21.9 Å². The predicted octanol–water partition coefficient (Wildman–Crippen LogP) is 2.05. The van der Waals surface area contributed by atoms with Gasteiger partial charge >= 0.3 is 5.97 Å². The Bertz CT molecular complexity index is 79.1. The van der Waals surface area contributed by atoms with Crippen LogP contribution in [0.2, 0.25) is 0 Å². The highest BCUT2D eigenvalue weighted by molar-refractivity contribution is 9.09. The molecular formula is C6H11BrO2. The van der Waals surface area contributed by atoms with Gasteiger partial charge in [-0.3, -0.25) is 0 Å². The fourth-order valence-corrected chi connectivity index (χ4v) is 0. The van der Waals surface area contributed by atoms with Crippen LogP contribution in [0.1, 0.15) is 13.3 Å². The third-order valence-corrected chi connectivity index (χ3v) is 1.16. The average molecular weight is 195 g/mol. The van der Waals surface area contributed by atoms with Crippen LogP contribution < -0.4 is 0 Å².